The van der Waals surface area contributed by atoms with Gasteiger partial charge in [-0.15, -0.1) is 0 Å². The molecule has 1 N–H and O–H groups in total. The van der Waals surface area contributed by atoms with Gasteiger partial charge >= 0.3 is 5.97 Å². The van der Waals surface area contributed by atoms with E-state index in [4.69, 9.17) is 0 Å². The molecule has 1 aliphatic heterocycles. The molecule has 1 fully saturated rings. The Morgan fingerprint density at radius 1 is 1.37 bits per heavy atom. The lowest BCUT2D eigenvalue weighted by atomic mass is 9.89. The number of likely N-dealkylation sites (tertiary alicyclic amines) is 1. The minimum Gasteiger partial charge on any atom is -0.481 e. The molecule has 0 amide bonds. The molecule has 2 rings (SSSR count). The van der Waals surface area contributed by atoms with Crippen molar-refractivity contribution in [1.29, 1.82) is 0 Å². The highest BCUT2D eigenvalue weighted by atomic mass is 79.9. The van der Waals surface area contributed by atoms with E-state index in [9.17, 15) is 9.90 Å². The third-order valence-electron chi connectivity index (χ3n) is 3.86. The Morgan fingerprint density at radius 3 is 2.58 bits per heavy atom. The molecule has 1 aromatic rings. The summed E-state index contributed by atoms with van der Waals surface area (Å²) in [6.45, 7) is 7.83. The fourth-order valence-corrected chi connectivity index (χ4v) is 3.09. The Balaban J connectivity index is 2.30. The zero-order chi connectivity index (χ0) is 14.2. The van der Waals surface area contributed by atoms with Crippen LogP contribution in [0.1, 0.15) is 32.3 Å². The van der Waals surface area contributed by atoms with Gasteiger partial charge in [0.05, 0.1) is 5.92 Å². The largest absolute Gasteiger partial charge is 0.481 e. The summed E-state index contributed by atoms with van der Waals surface area (Å²) in [5, 5.41) is 9.46. The highest BCUT2D eigenvalue weighted by molar-refractivity contribution is 9.10. The van der Waals surface area contributed by atoms with Gasteiger partial charge in [0.15, 0.2) is 0 Å². The molecule has 3 nitrogen and oxygen atoms in total. The van der Waals surface area contributed by atoms with Crippen LogP contribution >= 0.6 is 15.9 Å². The molecule has 0 bridgehead atoms. The quantitative estimate of drug-likeness (QED) is 0.906. The average molecular weight is 326 g/mol. The zero-order valence-electron chi connectivity index (χ0n) is 11.6. The monoisotopic (exact) mass is 325 g/mol. The van der Waals surface area contributed by atoms with E-state index in [0.717, 1.165) is 16.6 Å². The summed E-state index contributed by atoms with van der Waals surface area (Å²) in [6, 6.07) is 8.00. The predicted octanol–water partition coefficient (Wildman–Crippen LogP) is 3.35. The number of rotatable bonds is 2. The van der Waals surface area contributed by atoms with Crippen LogP contribution in [-0.4, -0.2) is 34.6 Å². The standard InChI is InChI=1S/C15H20BrNO2/c1-15(2,3)17-8-12(13(9-17)14(18)19)10-5-4-6-11(16)7-10/h4-7,12-13H,8-9H2,1-3H3,(H,18,19)/t12-,13+/m0/s1. The van der Waals surface area contributed by atoms with Gasteiger partial charge in [-0.1, -0.05) is 28.1 Å². The van der Waals surface area contributed by atoms with Gasteiger partial charge in [0.1, 0.15) is 0 Å². The van der Waals surface area contributed by atoms with E-state index >= 15 is 0 Å². The topological polar surface area (TPSA) is 40.5 Å². The molecule has 0 spiro atoms. The first kappa shape index (κ1) is 14.5. The van der Waals surface area contributed by atoms with Crippen molar-refractivity contribution in [1.82, 2.24) is 4.90 Å². The van der Waals surface area contributed by atoms with Gasteiger partial charge < -0.3 is 5.11 Å². The minimum atomic E-state index is -0.697. The smallest absolute Gasteiger partial charge is 0.308 e. The van der Waals surface area contributed by atoms with Gasteiger partial charge in [-0.05, 0) is 38.5 Å². The molecule has 1 aliphatic rings. The Bertz CT molecular complexity index is 481. The van der Waals surface area contributed by atoms with Crippen LogP contribution in [0, 0.1) is 5.92 Å². The summed E-state index contributed by atoms with van der Waals surface area (Å²) in [4.78, 5) is 13.8. The van der Waals surface area contributed by atoms with Crippen LogP contribution in [0.15, 0.2) is 28.7 Å². The van der Waals surface area contributed by atoms with Crippen LogP contribution < -0.4 is 0 Å². The molecule has 1 heterocycles. The molecule has 2 atom stereocenters. The molecule has 0 aromatic heterocycles. The summed E-state index contributed by atoms with van der Waals surface area (Å²) < 4.78 is 1.00. The molecular formula is C15H20BrNO2. The van der Waals surface area contributed by atoms with E-state index in [2.05, 4.69) is 41.6 Å². The Labute approximate surface area is 122 Å². The summed E-state index contributed by atoms with van der Waals surface area (Å²) in [5.74, 6) is -0.959. The first-order valence-corrected chi connectivity index (χ1v) is 7.31. The van der Waals surface area contributed by atoms with Crippen molar-refractivity contribution < 1.29 is 9.90 Å². The van der Waals surface area contributed by atoms with Crippen LogP contribution in [0.3, 0.4) is 0 Å². The lowest BCUT2D eigenvalue weighted by Crippen LogP contribution is -2.40. The van der Waals surface area contributed by atoms with Crippen LogP contribution in [0.5, 0.6) is 0 Å². The van der Waals surface area contributed by atoms with Gasteiger partial charge in [-0.3, -0.25) is 9.69 Å². The molecular weight excluding hydrogens is 306 g/mol. The van der Waals surface area contributed by atoms with E-state index in [0.29, 0.717) is 6.54 Å². The predicted molar refractivity (Wildman–Crippen MR) is 79.3 cm³/mol. The number of halogens is 1. The number of carbonyl (C=O) groups is 1. The first-order valence-electron chi connectivity index (χ1n) is 6.52. The number of carboxylic acid groups (broad SMARTS) is 1. The van der Waals surface area contributed by atoms with E-state index in [1.54, 1.807) is 0 Å². The SMILES string of the molecule is CC(C)(C)N1C[C@@H](C(=O)O)[C@H](c2cccc(Br)c2)C1. The zero-order valence-corrected chi connectivity index (χ0v) is 13.1. The van der Waals surface area contributed by atoms with Crippen LogP contribution in [0.25, 0.3) is 0 Å². The molecule has 1 aromatic carbocycles. The van der Waals surface area contributed by atoms with Gasteiger partial charge in [0.25, 0.3) is 0 Å². The second-order valence-electron chi connectivity index (χ2n) is 6.18. The maximum atomic E-state index is 11.5. The fraction of sp³-hybridized carbons (Fsp3) is 0.533. The number of benzene rings is 1. The molecule has 4 heteroatoms. The Kier molecular flexibility index (Phi) is 4.02. The van der Waals surface area contributed by atoms with Gasteiger partial charge in [-0.25, -0.2) is 0 Å². The summed E-state index contributed by atoms with van der Waals surface area (Å²) in [7, 11) is 0. The van der Waals surface area contributed by atoms with Crippen molar-refractivity contribution in [3.63, 3.8) is 0 Å². The maximum Gasteiger partial charge on any atom is 0.308 e. The number of carboxylic acids is 1. The van der Waals surface area contributed by atoms with E-state index in [-0.39, 0.29) is 17.4 Å². The van der Waals surface area contributed by atoms with E-state index < -0.39 is 5.97 Å². The highest BCUT2D eigenvalue weighted by Crippen LogP contribution is 2.37. The minimum absolute atomic E-state index is 0.00840. The third kappa shape index (κ3) is 3.18. The highest BCUT2D eigenvalue weighted by Gasteiger charge is 2.41. The normalized spacial score (nSPS) is 24.6. The van der Waals surface area contributed by atoms with Crippen molar-refractivity contribution in [3.05, 3.63) is 34.3 Å². The van der Waals surface area contributed by atoms with Crippen molar-refractivity contribution in [2.75, 3.05) is 13.1 Å². The molecule has 0 radical (unpaired) electrons. The lowest BCUT2D eigenvalue weighted by Gasteiger charge is -2.31. The van der Waals surface area contributed by atoms with Gasteiger partial charge in [-0.2, -0.15) is 0 Å². The van der Waals surface area contributed by atoms with Crippen LogP contribution in [0.2, 0.25) is 0 Å². The summed E-state index contributed by atoms with van der Waals surface area (Å²) in [6.07, 6.45) is 0. The summed E-state index contributed by atoms with van der Waals surface area (Å²) in [5.41, 5.74) is 1.11. The number of hydrogen-bond acceptors (Lipinski definition) is 2. The number of nitrogens with zero attached hydrogens (tertiary/aromatic N) is 1. The lowest BCUT2D eigenvalue weighted by molar-refractivity contribution is -0.141. The van der Waals surface area contributed by atoms with Crippen LogP contribution in [0.4, 0.5) is 0 Å². The molecule has 1 saturated heterocycles. The molecule has 19 heavy (non-hydrogen) atoms. The van der Waals surface area contributed by atoms with E-state index in [1.807, 2.05) is 24.3 Å². The van der Waals surface area contributed by atoms with Gasteiger partial charge in [0, 0.05) is 29.0 Å². The maximum absolute atomic E-state index is 11.5. The van der Waals surface area contributed by atoms with E-state index in [1.165, 1.54) is 0 Å². The van der Waals surface area contributed by atoms with Crippen molar-refractivity contribution in [2.45, 2.75) is 32.2 Å². The first-order chi connectivity index (χ1) is 8.79. The summed E-state index contributed by atoms with van der Waals surface area (Å²) >= 11 is 3.46. The van der Waals surface area contributed by atoms with Crippen LogP contribution in [-0.2, 0) is 4.79 Å². The number of aliphatic carboxylic acids is 1. The molecule has 0 unspecified atom stereocenters. The van der Waals surface area contributed by atoms with Crippen molar-refractivity contribution in [3.8, 4) is 0 Å². The van der Waals surface area contributed by atoms with Crippen molar-refractivity contribution in [2.24, 2.45) is 5.92 Å². The fourth-order valence-electron chi connectivity index (χ4n) is 2.68. The molecule has 0 aliphatic carbocycles. The number of hydrogen-bond donors (Lipinski definition) is 1. The Hall–Kier alpha value is -0.870. The van der Waals surface area contributed by atoms with Crippen molar-refractivity contribution >= 4 is 21.9 Å². The Morgan fingerprint density at radius 2 is 2.05 bits per heavy atom. The second-order valence-corrected chi connectivity index (χ2v) is 7.10. The molecule has 0 saturated carbocycles. The average Bonchev–Trinajstić information content (AvgIpc) is 2.73. The second kappa shape index (κ2) is 5.25. The third-order valence-corrected chi connectivity index (χ3v) is 4.36. The molecule has 104 valence electrons. The van der Waals surface area contributed by atoms with Gasteiger partial charge in [0.2, 0.25) is 0 Å².